The van der Waals surface area contributed by atoms with Crippen LogP contribution in [0.2, 0.25) is 5.02 Å². The molecule has 1 aromatic rings. The number of halogens is 1. The first-order chi connectivity index (χ1) is 7.97. The number of hydrogen-bond donors (Lipinski definition) is 1. The van der Waals surface area contributed by atoms with E-state index in [2.05, 4.69) is 18.7 Å². The molecule has 0 bridgehead atoms. The van der Waals surface area contributed by atoms with Gasteiger partial charge in [0.25, 0.3) is 0 Å². The van der Waals surface area contributed by atoms with Crippen LogP contribution in [-0.4, -0.2) is 26.3 Å². The van der Waals surface area contributed by atoms with Crippen LogP contribution in [0.5, 0.6) is 0 Å². The number of nitrogens with zero attached hydrogens (tertiary/aromatic N) is 1. The molecule has 0 saturated carbocycles. The summed E-state index contributed by atoms with van der Waals surface area (Å²) in [7, 11) is 1.71. The van der Waals surface area contributed by atoms with E-state index in [1.54, 1.807) is 7.11 Å². The van der Waals surface area contributed by atoms with Crippen LogP contribution in [0.3, 0.4) is 0 Å². The van der Waals surface area contributed by atoms with Gasteiger partial charge in [-0.3, -0.25) is 0 Å². The van der Waals surface area contributed by atoms with Gasteiger partial charge in [0.05, 0.1) is 17.3 Å². The number of hydrogen-bond acceptors (Lipinski definition) is 3. The van der Waals surface area contributed by atoms with Crippen molar-refractivity contribution in [1.29, 1.82) is 0 Å². The van der Waals surface area contributed by atoms with Crippen LogP contribution in [0, 0.1) is 6.92 Å². The number of nitrogens with two attached hydrogens (primary N) is 1. The van der Waals surface area contributed by atoms with Gasteiger partial charge in [-0.05, 0) is 38.5 Å². The highest BCUT2D eigenvalue weighted by atomic mass is 35.5. The van der Waals surface area contributed by atoms with E-state index in [1.807, 2.05) is 19.1 Å². The first-order valence-electron chi connectivity index (χ1n) is 5.78. The van der Waals surface area contributed by atoms with Gasteiger partial charge >= 0.3 is 0 Å². The Morgan fingerprint density at radius 1 is 1.41 bits per heavy atom. The van der Waals surface area contributed by atoms with Crippen molar-refractivity contribution in [1.82, 2.24) is 0 Å². The fourth-order valence-electron chi connectivity index (χ4n) is 1.85. The molecule has 0 aliphatic carbocycles. The molecule has 0 aliphatic rings. The van der Waals surface area contributed by atoms with Gasteiger partial charge in [-0.15, -0.1) is 0 Å². The lowest BCUT2D eigenvalue weighted by Gasteiger charge is -2.30. The molecule has 4 heteroatoms. The summed E-state index contributed by atoms with van der Waals surface area (Å²) in [5.74, 6) is 0. The molecule has 1 aromatic carbocycles. The van der Waals surface area contributed by atoms with Gasteiger partial charge in [-0.2, -0.15) is 0 Å². The van der Waals surface area contributed by atoms with Gasteiger partial charge in [-0.25, -0.2) is 0 Å². The molecule has 0 heterocycles. The molecule has 2 N–H and O–H groups in total. The summed E-state index contributed by atoms with van der Waals surface area (Å²) >= 11 is 6.09. The highest BCUT2D eigenvalue weighted by molar-refractivity contribution is 6.33. The van der Waals surface area contributed by atoms with Crippen LogP contribution >= 0.6 is 11.6 Å². The average Bonchev–Trinajstić information content (AvgIpc) is 2.25. The zero-order valence-corrected chi connectivity index (χ0v) is 11.7. The first-order valence-corrected chi connectivity index (χ1v) is 6.16. The summed E-state index contributed by atoms with van der Waals surface area (Å²) in [6.45, 7) is 7.89. The Balaban J connectivity index is 3.05. The first kappa shape index (κ1) is 14.1. The van der Waals surface area contributed by atoms with Gasteiger partial charge in [0, 0.05) is 25.4 Å². The van der Waals surface area contributed by atoms with Crippen molar-refractivity contribution in [3.05, 3.63) is 22.7 Å². The SMILES string of the molecule is COCCN(c1cc(Cl)c(N)cc1C)C(C)C. The Bertz CT molecular complexity index is 380. The second-order valence-electron chi connectivity index (χ2n) is 4.44. The molecule has 0 radical (unpaired) electrons. The number of rotatable bonds is 5. The van der Waals surface area contributed by atoms with Crippen molar-refractivity contribution in [2.24, 2.45) is 0 Å². The molecule has 0 fully saturated rings. The molecule has 0 unspecified atom stereocenters. The van der Waals surface area contributed by atoms with Gasteiger partial charge in [0.15, 0.2) is 0 Å². The quantitative estimate of drug-likeness (QED) is 0.823. The second-order valence-corrected chi connectivity index (χ2v) is 4.85. The zero-order valence-electron chi connectivity index (χ0n) is 11.0. The molecule has 96 valence electrons. The minimum Gasteiger partial charge on any atom is -0.398 e. The molecule has 17 heavy (non-hydrogen) atoms. The fraction of sp³-hybridized carbons (Fsp3) is 0.538. The number of anilines is 2. The zero-order chi connectivity index (χ0) is 13.0. The highest BCUT2D eigenvalue weighted by Gasteiger charge is 2.14. The predicted octanol–water partition coefficient (Wildman–Crippen LogP) is 3.09. The van der Waals surface area contributed by atoms with E-state index in [9.17, 15) is 0 Å². The van der Waals surface area contributed by atoms with Gasteiger partial charge < -0.3 is 15.4 Å². The summed E-state index contributed by atoms with van der Waals surface area (Å²) < 4.78 is 5.14. The van der Waals surface area contributed by atoms with Gasteiger partial charge in [0.1, 0.15) is 0 Å². The van der Waals surface area contributed by atoms with E-state index in [4.69, 9.17) is 22.1 Å². The maximum absolute atomic E-state index is 6.09. The van der Waals surface area contributed by atoms with Crippen LogP contribution in [0.15, 0.2) is 12.1 Å². The molecule has 0 atom stereocenters. The third-order valence-electron chi connectivity index (χ3n) is 2.78. The normalized spacial score (nSPS) is 10.9. The largest absolute Gasteiger partial charge is 0.398 e. The Morgan fingerprint density at radius 2 is 2.06 bits per heavy atom. The number of methoxy groups -OCH3 is 1. The van der Waals surface area contributed by atoms with E-state index >= 15 is 0 Å². The van der Waals surface area contributed by atoms with Crippen LogP contribution in [0.25, 0.3) is 0 Å². The topological polar surface area (TPSA) is 38.5 Å². The van der Waals surface area contributed by atoms with Crippen LogP contribution in [0.1, 0.15) is 19.4 Å². The molecule has 1 rings (SSSR count). The lowest BCUT2D eigenvalue weighted by atomic mass is 10.1. The Kier molecular flexibility index (Phi) is 5.09. The number of benzene rings is 1. The van der Waals surface area contributed by atoms with Crippen molar-refractivity contribution in [3.8, 4) is 0 Å². The van der Waals surface area contributed by atoms with Crippen LogP contribution < -0.4 is 10.6 Å². The van der Waals surface area contributed by atoms with Crippen molar-refractivity contribution < 1.29 is 4.74 Å². The summed E-state index contributed by atoms with van der Waals surface area (Å²) in [5, 5.41) is 0.605. The molecule has 0 amide bonds. The molecular weight excluding hydrogens is 236 g/mol. The number of nitrogen functional groups attached to an aromatic ring is 1. The summed E-state index contributed by atoms with van der Waals surface area (Å²) in [5.41, 5.74) is 8.68. The molecule has 3 nitrogen and oxygen atoms in total. The minimum absolute atomic E-state index is 0.392. The Morgan fingerprint density at radius 3 is 2.59 bits per heavy atom. The highest BCUT2D eigenvalue weighted by Crippen LogP contribution is 2.30. The van der Waals surface area contributed by atoms with E-state index in [0.717, 1.165) is 17.8 Å². The van der Waals surface area contributed by atoms with Crippen molar-refractivity contribution in [2.45, 2.75) is 26.8 Å². The van der Waals surface area contributed by atoms with Gasteiger partial charge in [0.2, 0.25) is 0 Å². The van der Waals surface area contributed by atoms with E-state index in [0.29, 0.717) is 23.4 Å². The maximum atomic E-state index is 6.09. The lowest BCUT2D eigenvalue weighted by Crippen LogP contribution is -2.34. The van der Waals surface area contributed by atoms with Crippen LogP contribution in [0.4, 0.5) is 11.4 Å². The standard InChI is InChI=1S/C13H21ClN2O/c1-9(2)16(5-6-17-4)13-8-11(14)12(15)7-10(13)3/h7-9H,5-6,15H2,1-4H3. The van der Waals surface area contributed by atoms with Crippen molar-refractivity contribution in [3.63, 3.8) is 0 Å². The summed E-state index contributed by atoms with van der Waals surface area (Å²) in [6.07, 6.45) is 0. The molecule has 0 spiro atoms. The van der Waals surface area contributed by atoms with Gasteiger partial charge in [-0.1, -0.05) is 11.6 Å². The summed E-state index contributed by atoms with van der Waals surface area (Å²) in [4.78, 5) is 2.27. The average molecular weight is 257 g/mol. The molecule has 0 aliphatic heterocycles. The second kappa shape index (κ2) is 6.12. The molecule has 0 aromatic heterocycles. The Labute approximate surface area is 109 Å². The van der Waals surface area contributed by atoms with E-state index in [-0.39, 0.29) is 0 Å². The lowest BCUT2D eigenvalue weighted by molar-refractivity contribution is 0.204. The number of aryl methyl sites for hydroxylation is 1. The predicted molar refractivity (Wildman–Crippen MR) is 75.0 cm³/mol. The van der Waals surface area contributed by atoms with Crippen LogP contribution in [-0.2, 0) is 4.74 Å². The maximum Gasteiger partial charge on any atom is 0.0656 e. The molecular formula is C13H21ClN2O. The minimum atomic E-state index is 0.392. The third kappa shape index (κ3) is 3.51. The van der Waals surface area contributed by atoms with Crippen molar-refractivity contribution in [2.75, 3.05) is 30.9 Å². The Hall–Kier alpha value is -0.930. The third-order valence-corrected chi connectivity index (χ3v) is 3.11. The smallest absolute Gasteiger partial charge is 0.0656 e. The van der Waals surface area contributed by atoms with E-state index < -0.39 is 0 Å². The van der Waals surface area contributed by atoms with Crippen molar-refractivity contribution >= 4 is 23.0 Å². The molecule has 0 saturated heterocycles. The summed E-state index contributed by atoms with van der Waals surface area (Å²) in [6, 6.07) is 4.24. The fourth-order valence-corrected chi connectivity index (χ4v) is 2.01. The number of ether oxygens (including phenoxy) is 1. The monoisotopic (exact) mass is 256 g/mol. The van der Waals surface area contributed by atoms with E-state index in [1.165, 1.54) is 0 Å².